The Morgan fingerprint density at radius 1 is 1.40 bits per heavy atom. The predicted octanol–water partition coefficient (Wildman–Crippen LogP) is 2.61. The molecule has 0 aromatic heterocycles. The van der Waals surface area contributed by atoms with Crippen LogP contribution in [-0.2, 0) is 5.67 Å². The van der Waals surface area contributed by atoms with E-state index in [1.165, 1.54) is 0 Å². The topological polar surface area (TPSA) is 40.5 Å². The van der Waals surface area contributed by atoms with Crippen LogP contribution in [0.3, 0.4) is 0 Å². The first-order valence-corrected chi connectivity index (χ1v) is 5.23. The standard InChI is InChI=1S/C10H9BrFNO2/c11-8-3-1-7(2-4-8)10(12)5-13(6-10)9(14)15/h1-4H,5-6H2,(H,14,15). The van der Waals surface area contributed by atoms with E-state index in [4.69, 9.17) is 5.11 Å². The van der Waals surface area contributed by atoms with E-state index in [0.717, 1.165) is 9.37 Å². The molecule has 0 saturated carbocycles. The van der Waals surface area contributed by atoms with E-state index in [-0.39, 0.29) is 13.1 Å². The molecule has 0 aliphatic carbocycles. The minimum absolute atomic E-state index is 0.0794. The molecule has 3 nitrogen and oxygen atoms in total. The fourth-order valence-electron chi connectivity index (χ4n) is 1.63. The second-order valence-electron chi connectivity index (χ2n) is 3.61. The Balaban J connectivity index is 2.13. The van der Waals surface area contributed by atoms with Crippen LogP contribution in [-0.4, -0.2) is 29.2 Å². The van der Waals surface area contributed by atoms with Crippen molar-refractivity contribution < 1.29 is 14.3 Å². The van der Waals surface area contributed by atoms with Crippen molar-refractivity contribution in [3.63, 3.8) is 0 Å². The molecule has 1 aromatic rings. The summed E-state index contributed by atoms with van der Waals surface area (Å²) in [4.78, 5) is 11.6. The highest BCUT2D eigenvalue weighted by Gasteiger charge is 2.47. The van der Waals surface area contributed by atoms with Gasteiger partial charge in [0.2, 0.25) is 0 Å². The lowest BCUT2D eigenvalue weighted by Crippen LogP contribution is -2.58. The summed E-state index contributed by atoms with van der Waals surface area (Å²) in [5.74, 6) is 0. The van der Waals surface area contributed by atoms with Crippen molar-refractivity contribution in [2.45, 2.75) is 5.67 Å². The van der Waals surface area contributed by atoms with Gasteiger partial charge in [-0.05, 0) is 17.7 Å². The smallest absolute Gasteiger partial charge is 0.407 e. The molecule has 1 heterocycles. The second kappa shape index (κ2) is 3.48. The van der Waals surface area contributed by atoms with Crippen molar-refractivity contribution in [1.29, 1.82) is 0 Å². The molecular formula is C10H9BrFNO2. The average molecular weight is 274 g/mol. The minimum Gasteiger partial charge on any atom is -0.465 e. The van der Waals surface area contributed by atoms with Gasteiger partial charge in [0.25, 0.3) is 0 Å². The number of halogens is 2. The molecule has 0 spiro atoms. The fourth-order valence-corrected chi connectivity index (χ4v) is 1.89. The molecule has 15 heavy (non-hydrogen) atoms. The second-order valence-corrected chi connectivity index (χ2v) is 4.53. The maximum Gasteiger partial charge on any atom is 0.407 e. The monoisotopic (exact) mass is 273 g/mol. The Labute approximate surface area is 94.6 Å². The molecule has 1 fully saturated rings. The predicted molar refractivity (Wildman–Crippen MR) is 56.5 cm³/mol. The first kappa shape index (κ1) is 10.4. The first-order valence-electron chi connectivity index (χ1n) is 4.44. The van der Waals surface area contributed by atoms with Gasteiger partial charge in [0.15, 0.2) is 5.67 Å². The third-order valence-corrected chi connectivity index (χ3v) is 3.04. The molecule has 0 bridgehead atoms. The highest BCUT2D eigenvalue weighted by Crippen LogP contribution is 2.36. The molecule has 0 radical (unpaired) electrons. The molecule has 1 amide bonds. The van der Waals surface area contributed by atoms with Gasteiger partial charge in [0.1, 0.15) is 0 Å². The molecule has 1 aromatic carbocycles. The van der Waals surface area contributed by atoms with Crippen molar-refractivity contribution in [2.75, 3.05) is 13.1 Å². The Morgan fingerprint density at radius 3 is 2.40 bits per heavy atom. The van der Waals surface area contributed by atoms with Crippen LogP contribution in [0.5, 0.6) is 0 Å². The molecular weight excluding hydrogens is 265 g/mol. The summed E-state index contributed by atoms with van der Waals surface area (Å²) in [6.45, 7) is -0.159. The summed E-state index contributed by atoms with van der Waals surface area (Å²) in [7, 11) is 0. The molecule has 1 aliphatic heterocycles. The molecule has 5 heteroatoms. The summed E-state index contributed by atoms with van der Waals surface area (Å²) < 4.78 is 14.9. The van der Waals surface area contributed by atoms with Gasteiger partial charge in [-0.15, -0.1) is 0 Å². The van der Waals surface area contributed by atoms with Crippen molar-refractivity contribution in [1.82, 2.24) is 4.90 Å². The van der Waals surface area contributed by atoms with Crippen LogP contribution in [0.4, 0.5) is 9.18 Å². The van der Waals surface area contributed by atoms with Crippen LogP contribution >= 0.6 is 15.9 Å². The van der Waals surface area contributed by atoms with Crippen LogP contribution < -0.4 is 0 Å². The Morgan fingerprint density at radius 2 is 1.93 bits per heavy atom. The lowest BCUT2D eigenvalue weighted by molar-refractivity contribution is -0.0238. The largest absolute Gasteiger partial charge is 0.465 e. The molecule has 80 valence electrons. The van der Waals surface area contributed by atoms with E-state index >= 15 is 0 Å². The third kappa shape index (κ3) is 1.84. The highest BCUT2D eigenvalue weighted by molar-refractivity contribution is 9.10. The number of benzene rings is 1. The van der Waals surface area contributed by atoms with Crippen LogP contribution in [0.25, 0.3) is 0 Å². The van der Waals surface area contributed by atoms with Gasteiger partial charge in [-0.1, -0.05) is 28.1 Å². The lowest BCUT2D eigenvalue weighted by atomic mass is 9.88. The van der Waals surface area contributed by atoms with Crippen LogP contribution in [0.15, 0.2) is 28.7 Å². The number of hydrogen-bond acceptors (Lipinski definition) is 1. The molecule has 0 unspecified atom stereocenters. The zero-order chi connectivity index (χ0) is 11.1. The molecule has 1 N–H and O–H groups in total. The SMILES string of the molecule is O=C(O)N1CC(F)(c2ccc(Br)cc2)C1. The number of carboxylic acid groups (broad SMARTS) is 1. The lowest BCUT2D eigenvalue weighted by Gasteiger charge is -2.42. The van der Waals surface area contributed by atoms with Crippen molar-refractivity contribution >= 4 is 22.0 Å². The number of amides is 1. The normalized spacial score (nSPS) is 18.4. The van der Waals surface area contributed by atoms with Gasteiger partial charge in [0.05, 0.1) is 13.1 Å². The fraction of sp³-hybridized carbons (Fsp3) is 0.300. The van der Waals surface area contributed by atoms with E-state index in [9.17, 15) is 9.18 Å². The summed E-state index contributed by atoms with van der Waals surface area (Å²) >= 11 is 3.26. The van der Waals surface area contributed by atoms with E-state index < -0.39 is 11.8 Å². The molecule has 1 saturated heterocycles. The van der Waals surface area contributed by atoms with Crippen molar-refractivity contribution in [3.05, 3.63) is 34.3 Å². The van der Waals surface area contributed by atoms with Gasteiger partial charge in [-0.2, -0.15) is 0 Å². The number of nitrogens with zero attached hydrogens (tertiary/aromatic N) is 1. The first-order chi connectivity index (χ1) is 7.01. The minimum atomic E-state index is -1.51. The van der Waals surface area contributed by atoms with Gasteiger partial charge in [-0.25, -0.2) is 9.18 Å². The zero-order valence-corrected chi connectivity index (χ0v) is 9.37. The maximum absolute atomic E-state index is 14.1. The van der Waals surface area contributed by atoms with Crippen LogP contribution in [0, 0.1) is 0 Å². The Bertz CT molecular complexity index is 387. The zero-order valence-electron chi connectivity index (χ0n) is 7.78. The highest BCUT2D eigenvalue weighted by atomic mass is 79.9. The molecule has 0 atom stereocenters. The molecule has 2 rings (SSSR count). The average Bonchev–Trinajstić information content (AvgIpc) is 2.13. The van der Waals surface area contributed by atoms with Crippen LogP contribution in [0.2, 0.25) is 0 Å². The quantitative estimate of drug-likeness (QED) is 0.855. The summed E-state index contributed by atoms with van der Waals surface area (Å²) in [6.07, 6.45) is -1.07. The number of rotatable bonds is 1. The Hall–Kier alpha value is -1.10. The van der Waals surface area contributed by atoms with Crippen molar-refractivity contribution in [2.24, 2.45) is 0 Å². The van der Waals surface area contributed by atoms with E-state index in [1.807, 2.05) is 0 Å². The number of hydrogen-bond donors (Lipinski definition) is 1. The van der Waals surface area contributed by atoms with E-state index in [0.29, 0.717) is 5.56 Å². The van der Waals surface area contributed by atoms with E-state index in [2.05, 4.69) is 15.9 Å². The molecule has 1 aliphatic rings. The number of likely N-dealkylation sites (tertiary alicyclic amines) is 1. The van der Waals surface area contributed by atoms with Gasteiger partial charge >= 0.3 is 6.09 Å². The number of alkyl halides is 1. The number of carbonyl (C=O) groups is 1. The van der Waals surface area contributed by atoms with Gasteiger partial charge < -0.3 is 10.0 Å². The van der Waals surface area contributed by atoms with Gasteiger partial charge in [-0.3, -0.25) is 0 Å². The summed E-state index contributed by atoms with van der Waals surface area (Å²) in [5.41, 5.74) is -0.984. The Kier molecular flexibility index (Phi) is 2.42. The van der Waals surface area contributed by atoms with Gasteiger partial charge in [0, 0.05) is 4.47 Å². The summed E-state index contributed by atoms with van der Waals surface area (Å²) in [6, 6.07) is 6.84. The maximum atomic E-state index is 14.1. The summed E-state index contributed by atoms with van der Waals surface area (Å²) in [5, 5.41) is 8.61. The van der Waals surface area contributed by atoms with Crippen LogP contribution in [0.1, 0.15) is 5.56 Å². The third-order valence-electron chi connectivity index (χ3n) is 2.52. The van der Waals surface area contributed by atoms with Crippen molar-refractivity contribution in [3.8, 4) is 0 Å². The van der Waals surface area contributed by atoms with E-state index in [1.54, 1.807) is 24.3 Å².